The van der Waals surface area contributed by atoms with E-state index < -0.39 is 5.82 Å². The molecule has 2 aromatic rings. The number of halogens is 1. The van der Waals surface area contributed by atoms with Crippen molar-refractivity contribution in [2.24, 2.45) is 0 Å². The number of nitrogens with one attached hydrogen (secondary N) is 3. The fraction of sp³-hybridized carbons (Fsp3) is 0.348. The second-order valence-electron chi connectivity index (χ2n) is 8.04. The number of aromatic amines is 1. The van der Waals surface area contributed by atoms with E-state index >= 15 is 0 Å². The zero-order chi connectivity index (χ0) is 22.1. The van der Waals surface area contributed by atoms with Crippen LogP contribution in [-0.2, 0) is 9.59 Å². The summed E-state index contributed by atoms with van der Waals surface area (Å²) in [5.74, 6) is -0.697. The Labute approximate surface area is 179 Å². The van der Waals surface area contributed by atoms with Crippen LogP contribution in [0, 0.1) is 19.7 Å². The van der Waals surface area contributed by atoms with Crippen molar-refractivity contribution in [3.63, 3.8) is 0 Å². The Bertz CT molecular complexity index is 1100. The molecule has 0 aliphatic carbocycles. The van der Waals surface area contributed by atoms with E-state index in [0.717, 1.165) is 13.0 Å². The lowest BCUT2D eigenvalue weighted by Gasteiger charge is -2.25. The summed E-state index contributed by atoms with van der Waals surface area (Å²) in [5, 5.41) is 5.65. The highest BCUT2D eigenvalue weighted by atomic mass is 19.1. The number of hydrogen-bond donors (Lipinski definition) is 3. The minimum Gasteiger partial charge on any atom is -0.358 e. The molecule has 3 heterocycles. The molecule has 1 aromatic carbocycles. The lowest BCUT2D eigenvalue weighted by atomic mass is 10.0. The number of piperidine rings is 1. The first-order valence-electron chi connectivity index (χ1n) is 10.4. The molecule has 0 saturated carbocycles. The van der Waals surface area contributed by atoms with Gasteiger partial charge in [-0.05, 0) is 56.7 Å². The van der Waals surface area contributed by atoms with Crippen LogP contribution in [-0.4, -0.2) is 53.7 Å². The molecule has 162 valence electrons. The Morgan fingerprint density at radius 1 is 1.29 bits per heavy atom. The summed E-state index contributed by atoms with van der Waals surface area (Å²) in [7, 11) is 0. The molecule has 4 rings (SSSR count). The van der Waals surface area contributed by atoms with Gasteiger partial charge in [-0.1, -0.05) is 0 Å². The first-order chi connectivity index (χ1) is 14.8. The number of carbonyl (C=O) groups excluding carboxylic acids is 3. The number of carbonyl (C=O) groups is 3. The minimum absolute atomic E-state index is 0.207. The normalized spacial score (nSPS) is 17.7. The molecular formula is C23H25FN4O3. The molecule has 2 aliphatic rings. The van der Waals surface area contributed by atoms with Gasteiger partial charge in [0.25, 0.3) is 11.8 Å². The highest BCUT2D eigenvalue weighted by Crippen LogP contribution is 2.34. The Morgan fingerprint density at radius 2 is 2.10 bits per heavy atom. The topological polar surface area (TPSA) is 94.3 Å². The second kappa shape index (κ2) is 8.47. The van der Waals surface area contributed by atoms with Gasteiger partial charge in [-0.2, -0.15) is 0 Å². The average Bonchev–Trinajstić information content (AvgIpc) is 3.17. The minimum atomic E-state index is -0.420. The number of aromatic nitrogens is 1. The van der Waals surface area contributed by atoms with Crippen LogP contribution in [0.15, 0.2) is 18.2 Å². The summed E-state index contributed by atoms with van der Waals surface area (Å²) in [6, 6.07) is 4.16. The molecule has 2 aliphatic heterocycles. The monoisotopic (exact) mass is 424 g/mol. The SMILES string of the molecule is Cc1[nH]c(/C=C2\C(=O)Nc3ccc(F)cc32)c(C)c1C(=O)NCCN1CCCC(=O)C1. The van der Waals surface area contributed by atoms with Crippen molar-refractivity contribution < 1.29 is 18.8 Å². The lowest BCUT2D eigenvalue weighted by Crippen LogP contribution is -2.41. The van der Waals surface area contributed by atoms with Crippen molar-refractivity contribution in [1.29, 1.82) is 0 Å². The highest BCUT2D eigenvalue weighted by Gasteiger charge is 2.26. The third-order valence-corrected chi connectivity index (χ3v) is 5.80. The first-order valence-corrected chi connectivity index (χ1v) is 10.4. The smallest absolute Gasteiger partial charge is 0.256 e. The Kier molecular flexibility index (Phi) is 5.73. The number of Topliss-reactive ketones (excluding diaryl/α,β-unsaturated/α-hetero) is 1. The highest BCUT2D eigenvalue weighted by molar-refractivity contribution is 6.34. The van der Waals surface area contributed by atoms with Gasteiger partial charge in [0.05, 0.1) is 17.7 Å². The van der Waals surface area contributed by atoms with E-state index in [9.17, 15) is 18.8 Å². The second-order valence-corrected chi connectivity index (χ2v) is 8.04. The number of fused-ring (bicyclic) bond motifs is 1. The van der Waals surface area contributed by atoms with E-state index in [2.05, 4.69) is 15.6 Å². The van der Waals surface area contributed by atoms with Gasteiger partial charge in [0, 0.05) is 42.1 Å². The number of H-pyrrole nitrogens is 1. The van der Waals surface area contributed by atoms with Gasteiger partial charge in [-0.3, -0.25) is 19.3 Å². The van der Waals surface area contributed by atoms with Gasteiger partial charge in [0.1, 0.15) is 11.6 Å². The van der Waals surface area contributed by atoms with E-state index in [-0.39, 0.29) is 17.6 Å². The number of anilines is 1. The van der Waals surface area contributed by atoms with Crippen molar-refractivity contribution in [1.82, 2.24) is 15.2 Å². The Balaban J connectivity index is 1.50. The first kappa shape index (κ1) is 21.0. The molecule has 2 amide bonds. The number of hydrogen-bond acceptors (Lipinski definition) is 4. The summed E-state index contributed by atoms with van der Waals surface area (Å²) in [5.41, 5.74) is 3.97. The third kappa shape index (κ3) is 4.29. The molecular weight excluding hydrogens is 399 g/mol. The number of rotatable bonds is 5. The molecule has 1 saturated heterocycles. The van der Waals surface area contributed by atoms with Crippen LogP contribution >= 0.6 is 0 Å². The van der Waals surface area contributed by atoms with Crippen LogP contribution in [0.3, 0.4) is 0 Å². The van der Waals surface area contributed by atoms with Crippen molar-refractivity contribution in [2.45, 2.75) is 26.7 Å². The average molecular weight is 424 g/mol. The largest absolute Gasteiger partial charge is 0.358 e. The number of ketones is 1. The van der Waals surface area contributed by atoms with Gasteiger partial charge in [0.2, 0.25) is 0 Å². The van der Waals surface area contributed by atoms with Gasteiger partial charge in [0.15, 0.2) is 0 Å². The molecule has 31 heavy (non-hydrogen) atoms. The van der Waals surface area contributed by atoms with Crippen molar-refractivity contribution >= 4 is 34.9 Å². The zero-order valence-corrected chi connectivity index (χ0v) is 17.6. The van der Waals surface area contributed by atoms with Crippen LogP contribution in [0.4, 0.5) is 10.1 Å². The molecule has 0 atom stereocenters. The lowest BCUT2D eigenvalue weighted by molar-refractivity contribution is -0.122. The Hall–Kier alpha value is -3.26. The summed E-state index contributed by atoms with van der Waals surface area (Å²) in [6.45, 7) is 6.00. The van der Waals surface area contributed by atoms with E-state index in [1.54, 1.807) is 13.0 Å². The maximum Gasteiger partial charge on any atom is 0.256 e. The number of nitrogens with zero attached hydrogens (tertiary/aromatic N) is 1. The third-order valence-electron chi connectivity index (χ3n) is 5.80. The maximum absolute atomic E-state index is 13.7. The van der Waals surface area contributed by atoms with Gasteiger partial charge in [-0.25, -0.2) is 4.39 Å². The van der Waals surface area contributed by atoms with E-state index in [0.29, 0.717) is 65.4 Å². The fourth-order valence-corrected chi connectivity index (χ4v) is 4.22. The molecule has 0 radical (unpaired) electrons. The number of likely N-dealkylation sites (tertiary alicyclic amines) is 1. The van der Waals surface area contributed by atoms with E-state index in [4.69, 9.17) is 0 Å². The number of amides is 2. The fourth-order valence-electron chi connectivity index (χ4n) is 4.22. The summed E-state index contributed by atoms with van der Waals surface area (Å²) in [6.07, 6.45) is 3.15. The van der Waals surface area contributed by atoms with Crippen molar-refractivity contribution in [3.05, 3.63) is 52.1 Å². The van der Waals surface area contributed by atoms with E-state index in [1.807, 2.05) is 11.8 Å². The van der Waals surface area contributed by atoms with Crippen LogP contribution in [0.2, 0.25) is 0 Å². The predicted molar refractivity (Wildman–Crippen MR) is 116 cm³/mol. The summed E-state index contributed by atoms with van der Waals surface area (Å²) >= 11 is 0. The quantitative estimate of drug-likeness (QED) is 0.644. The molecule has 7 nitrogen and oxygen atoms in total. The van der Waals surface area contributed by atoms with Gasteiger partial charge >= 0.3 is 0 Å². The van der Waals surface area contributed by atoms with Gasteiger partial charge < -0.3 is 15.6 Å². The molecule has 1 fully saturated rings. The molecule has 0 unspecified atom stereocenters. The zero-order valence-electron chi connectivity index (χ0n) is 17.6. The molecule has 0 bridgehead atoms. The molecule has 1 aromatic heterocycles. The Morgan fingerprint density at radius 3 is 2.87 bits per heavy atom. The van der Waals surface area contributed by atoms with E-state index in [1.165, 1.54) is 18.2 Å². The molecule has 0 spiro atoms. The van der Waals surface area contributed by atoms with Crippen molar-refractivity contribution in [3.8, 4) is 0 Å². The van der Waals surface area contributed by atoms with Crippen LogP contribution in [0.1, 0.15) is 45.7 Å². The predicted octanol–water partition coefficient (Wildman–Crippen LogP) is 2.66. The van der Waals surface area contributed by atoms with Crippen LogP contribution in [0.25, 0.3) is 11.6 Å². The number of aryl methyl sites for hydroxylation is 1. The maximum atomic E-state index is 13.7. The molecule has 3 N–H and O–H groups in total. The van der Waals surface area contributed by atoms with Gasteiger partial charge in [-0.15, -0.1) is 0 Å². The summed E-state index contributed by atoms with van der Waals surface area (Å²) < 4.78 is 13.7. The molecule has 8 heteroatoms. The number of benzene rings is 1. The van der Waals surface area contributed by atoms with Crippen molar-refractivity contribution in [2.75, 3.05) is 31.5 Å². The van der Waals surface area contributed by atoms with Crippen LogP contribution < -0.4 is 10.6 Å². The standard InChI is InChI=1S/C23H25FN4O3/c1-13-20(11-18-17-10-15(24)5-6-19(17)27-22(18)30)26-14(2)21(13)23(31)25-7-9-28-8-3-4-16(29)12-28/h5-6,10-11,26H,3-4,7-9,12H2,1-2H3,(H,25,31)(H,27,30)/b18-11-. The summed E-state index contributed by atoms with van der Waals surface area (Å²) in [4.78, 5) is 41.9. The van der Waals surface area contributed by atoms with Crippen LogP contribution in [0.5, 0.6) is 0 Å².